The first-order chi connectivity index (χ1) is 22.8. The van der Waals surface area contributed by atoms with Crippen molar-refractivity contribution in [2.75, 3.05) is 43.2 Å². The lowest BCUT2D eigenvalue weighted by Crippen LogP contribution is -2.48. The van der Waals surface area contributed by atoms with Crippen molar-refractivity contribution in [3.05, 3.63) is 107 Å². The van der Waals surface area contributed by atoms with E-state index in [1.165, 1.54) is 101 Å². The van der Waals surface area contributed by atoms with Crippen LogP contribution < -0.4 is 15.0 Å². The summed E-state index contributed by atoms with van der Waals surface area (Å²) < 4.78 is 64.4. The summed E-state index contributed by atoms with van der Waals surface area (Å²) in [5.41, 5.74) is 0.127. The van der Waals surface area contributed by atoms with Crippen LogP contribution in [0.1, 0.15) is 57.4 Å². The van der Waals surface area contributed by atoms with Crippen LogP contribution in [0.2, 0.25) is 0 Å². The zero-order valence-electron chi connectivity index (χ0n) is 26.7. The topological polar surface area (TPSA) is 138 Å². The first kappa shape index (κ1) is 34.2. The van der Waals surface area contributed by atoms with Crippen LogP contribution in [0.25, 0.3) is 0 Å². The Balaban J connectivity index is 1.50. The molecule has 1 aromatic heterocycles. The number of carbonyl (C=O) groups is 2. The van der Waals surface area contributed by atoms with Gasteiger partial charge in [-0.2, -0.15) is 19.1 Å². The fraction of sp³-hybridized carbons (Fsp3) is 0.294. The molecule has 0 bridgehead atoms. The molecule has 2 heterocycles. The standard InChI is InChI=1S/C34H34F2N6O5S/c1-22(2)21-48(45,46)40(3)19-28-20-41(27-13-11-26(12-14-27)34(35,36)25-8-6-5-7-9-25)33(44)31-29(18-38-42(28)31)39-32(43)23-10-15-30(47-4)24(16-23)17-37/h5-16,18,22,28H,19-21H2,1-4H3,(H,39,43). The molecule has 5 rings (SSSR count). The van der Waals surface area contributed by atoms with Crippen LogP contribution in [0.3, 0.4) is 0 Å². The van der Waals surface area contributed by atoms with Crippen LogP contribution in [0.15, 0.2) is 79.0 Å². The van der Waals surface area contributed by atoms with Gasteiger partial charge >= 0.3 is 0 Å². The van der Waals surface area contributed by atoms with Gasteiger partial charge in [-0.05, 0) is 36.2 Å². The van der Waals surface area contributed by atoms with Crippen LogP contribution in [0, 0.1) is 17.2 Å². The number of aromatic nitrogens is 2. The van der Waals surface area contributed by atoms with Crippen LogP contribution in [-0.4, -0.2) is 67.3 Å². The number of benzene rings is 3. The van der Waals surface area contributed by atoms with Crippen LogP contribution in [0.5, 0.6) is 5.75 Å². The number of halogens is 2. The number of amides is 2. The molecular formula is C34H34F2N6O5S. The highest BCUT2D eigenvalue weighted by atomic mass is 32.2. The Bertz CT molecular complexity index is 1980. The Morgan fingerprint density at radius 1 is 1.12 bits per heavy atom. The fourth-order valence-electron chi connectivity index (χ4n) is 5.56. The number of nitrogens with one attached hydrogen (secondary N) is 1. The van der Waals surface area contributed by atoms with Crippen LogP contribution in [-0.2, 0) is 15.9 Å². The molecule has 4 aromatic rings. The largest absolute Gasteiger partial charge is 0.495 e. The summed E-state index contributed by atoms with van der Waals surface area (Å²) in [6.45, 7) is 3.50. The number of hydrogen-bond acceptors (Lipinski definition) is 7. The summed E-state index contributed by atoms with van der Waals surface area (Å²) in [4.78, 5) is 28.7. The second kappa shape index (κ2) is 13.5. The molecule has 0 fully saturated rings. The van der Waals surface area contributed by atoms with Gasteiger partial charge in [-0.1, -0.05) is 56.3 Å². The number of likely N-dealkylation sites (N-methyl/N-ethyl adjacent to an activating group) is 1. The maximum Gasteiger partial charge on any atom is 0.298 e. The van der Waals surface area contributed by atoms with Gasteiger partial charge in [0.1, 0.15) is 11.8 Å². The predicted octanol–water partition coefficient (Wildman–Crippen LogP) is 5.27. The molecule has 14 heteroatoms. The number of nitrogens with zero attached hydrogens (tertiary/aromatic N) is 5. The highest BCUT2D eigenvalue weighted by Gasteiger charge is 2.39. The van der Waals surface area contributed by atoms with E-state index in [2.05, 4.69) is 10.4 Å². The van der Waals surface area contributed by atoms with Gasteiger partial charge < -0.3 is 15.0 Å². The number of hydrogen-bond donors (Lipinski definition) is 1. The number of rotatable bonds is 11. The molecule has 2 amide bonds. The van der Waals surface area contributed by atoms with E-state index < -0.39 is 33.8 Å². The van der Waals surface area contributed by atoms with Crippen molar-refractivity contribution in [1.82, 2.24) is 14.1 Å². The number of methoxy groups -OCH3 is 1. The normalized spacial score (nSPS) is 14.9. The minimum atomic E-state index is -3.67. The molecule has 0 saturated heterocycles. The molecule has 1 aliphatic rings. The molecule has 0 saturated carbocycles. The minimum absolute atomic E-state index is 0.0260. The molecule has 0 radical (unpaired) electrons. The molecule has 0 aliphatic carbocycles. The monoisotopic (exact) mass is 676 g/mol. The van der Waals surface area contributed by atoms with Gasteiger partial charge in [0, 0.05) is 36.0 Å². The zero-order chi connectivity index (χ0) is 34.8. The number of fused-ring (bicyclic) bond motifs is 1. The number of ether oxygens (including phenoxy) is 1. The summed E-state index contributed by atoms with van der Waals surface area (Å²) in [7, 11) is -0.822. The molecule has 48 heavy (non-hydrogen) atoms. The smallest absolute Gasteiger partial charge is 0.298 e. The predicted molar refractivity (Wildman–Crippen MR) is 176 cm³/mol. The lowest BCUT2D eigenvalue weighted by atomic mass is 10.00. The van der Waals surface area contributed by atoms with Crippen molar-refractivity contribution in [3.63, 3.8) is 0 Å². The fourth-order valence-corrected chi connectivity index (χ4v) is 7.05. The van der Waals surface area contributed by atoms with Gasteiger partial charge in [-0.3, -0.25) is 14.3 Å². The number of alkyl halides is 2. The van der Waals surface area contributed by atoms with E-state index in [1.807, 2.05) is 6.07 Å². The van der Waals surface area contributed by atoms with Gasteiger partial charge in [0.15, 0.2) is 5.69 Å². The van der Waals surface area contributed by atoms with E-state index in [1.54, 1.807) is 19.9 Å². The van der Waals surface area contributed by atoms with Gasteiger partial charge in [-0.15, -0.1) is 0 Å². The maximum absolute atomic E-state index is 15.3. The third-order valence-corrected chi connectivity index (χ3v) is 10.2. The van der Waals surface area contributed by atoms with Gasteiger partial charge in [0.2, 0.25) is 10.0 Å². The first-order valence-electron chi connectivity index (χ1n) is 15.0. The molecule has 250 valence electrons. The van der Waals surface area contributed by atoms with Crippen LogP contribution >= 0.6 is 0 Å². The Morgan fingerprint density at radius 3 is 2.42 bits per heavy atom. The summed E-state index contributed by atoms with van der Waals surface area (Å²) in [6.07, 6.45) is 1.29. The van der Waals surface area contributed by atoms with Crippen molar-refractivity contribution in [2.45, 2.75) is 25.8 Å². The summed E-state index contributed by atoms with van der Waals surface area (Å²) in [6, 6.07) is 18.2. The number of sulfonamides is 1. The van der Waals surface area contributed by atoms with Gasteiger partial charge in [-0.25, -0.2) is 12.7 Å². The molecule has 1 atom stereocenters. The Kier molecular flexibility index (Phi) is 9.65. The van der Waals surface area contributed by atoms with Crippen molar-refractivity contribution >= 4 is 33.2 Å². The van der Waals surface area contributed by atoms with E-state index in [0.29, 0.717) is 5.69 Å². The molecule has 1 unspecified atom stereocenters. The molecule has 1 N–H and O–H groups in total. The minimum Gasteiger partial charge on any atom is -0.495 e. The average Bonchev–Trinajstić information content (AvgIpc) is 3.49. The summed E-state index contributed by atoms with van der Waals surface area (Å²) in [5, 5.41) is 16.5. The second-order valence-corrected chi connectivity index (χ2v) is 14.0. The Morgan fingerprint density at radius 2 is 1.79 bits per heavy atom. The van der Waals surface area contributed by atoms with Crippen molar-refractivity contribution in [3.8, 4) is 11.8 Å². The number of carbonyl (C=O) groups excluding carboxylic acids is 2. The molecule has 1 aliphatic heterocycles. The molecule has 11 nitrogen and oxygen atoms in total. The highest BCUT2D eigenvalue weighted by Crippen LogP contribution is 2.37. The average molecular weight is 677 g/mol. The van der Waals surface area contributed by atoms with Gasteiger partial charge in [0.05, 0.1) is 42.9 Å². The van der Waals surface area contributed by atoms with Crippen molar-refractivity contribution in [1.29, 1.82) is 5.26 Å². The van der Waals surface area contributed by atoms with Crippen molar-refractivity contribution < 1.29 is 31.5 Å². The van der Waals surface area contributed by atoms with E-state index in [4.69, 9.17) is 4.74 Å². The quantitative estimate of drug-likeness (QED) is 0.228. The van der Waals surface area contributed by atoms with Gasteiger partial charge in [0.25, 0.3) is 17.7 Å². The highest BCUT2D eigenvalue weighted by molar-refractivity contribution is 7.89. The lowest BCUT2D eigenvalue weighted by molar-refractivity contribution is 0.0428. The second-order valence-electron chi connectivity index (χ2n) is 11.8. The third-order valence-electron chi connectivity index (χ3n) is 7.98. The Labute approximate surface area is 277 Å². The van der Waals surface area contributed by atoms with E-state index >= 15 is 8.78 Å². The molecule has 0 spiro atoms. The summed E-state index contributed by atoms with van der Waals surface area (Å²) in [5.74, 6) is -4.43. The van der Waals surface area contributed by atoms with E-state index in [0.717, 1.165) is 0 Å². The Hall–Kier alpha value is -5.13. The summed E-state index contributed by atoms with van der Waals surface area (Å²) >= 11 is 0. The zero-order valence-corrected chi connectivity index (χ0v) is 27.5. The lowest BCUT2D eigenvalue weighted by Gasteiger charge is -2.35. The molecule has 3 aromatic carbocycles. The first-order valence-corrected chi connectivity index (χ1v) is 16.6. The SMILES string of the molecule is COc1ccc(C(=O)Nc2cnn3c2C(=O)N(c2ccc(C(F)(F)c4ccccc4)cc2)CC3CN(C)S(=O)(=O)CC(C)C)cc1C#N. The number of anilines is 2. The van der Waals surface area contributed by atoms with E-state index in [9.17, 15) is 23.3 Å². The third kappa shape index (κ3) is 6.78. The number of nitriles is 1. The molecular weight excluding hydrogens is 642 g/mol. The maximum atomic E-state index is 15.3. The van der Waals surface area contributed by atoms with Crippen molar-refractivity contribution in [2.24, 2.45) is 5.92 Å². The van der Waals surface area contributed by atoms with Crippen LogP contribution in [0.4, 0.5) is 20.2 Å². The van der Waals surface area contributed by atoms with E-state index in [-0.39, 0.29) is 64.1 Å².